The number of hydrogen-bond acceptors (Lipinski definition) is 6. The van der Waals surface area contributed by atoms with E-state index in [0.29, 0.717) is 11.5 Å². The van der Waals surface area contributed by atoms with E-state index in [9.17, 15) is 9.59 Å². The zero-order chi connectivity index (χ0) is 21.5. The Morgan fingerprint density at radius 1 is 1.23 bits per heavy atom. The van der Waals surface area contributed by atoms with Gasteiger partial charge in [-0.15, -0.1) is 0 Å². The van der Waals surface area contributed by atoms with Crippen LogP contribution in [0.1, 0.15) is 61.3 Å². The average Bonchev–Trinajstić information content (AvgIpc) is 3.41. The predicted octanol–water partition coefficient (Wildman–Crippen LogP) is 3.39. The van der Waals surface area contributed by atoms with Gasteiger partial charge < -0.3 is 9.80 Å². The minimum atomic E-state index is -0.156. The maximum atomic E-state index is 13.3. The molecule has 1 amide bonds. The Labute approximate surface area is 185 Å². The number of fused-ring (bicyclic) bond motifs is 2. The van der Waals surface area contributed by atoms with Gasteiger partial charge in [0.2, 0.25) is 10.9 Å². The normalized spacial score (nSPS) is 18.7. The first-order valence-electron chi connectivity index (χ1n) is 11.0. The van der Waals surface area contributed by atoms with Gasteiger partial charge in [0.15, 0.2) is 0 Å². The molecule has 1 atom stereocenters. The molecule has 31 heavy (non-hydrogen) atoms. The third-order valence-electron chi connectivity index (χ3n) is 6.26. The molecule has 0 spiro atoms. The summed E-state index contributed by atoms with van der Waals surface area (Å²) in [5, 5.41) is 5.36. The van der Waals surface area contributed by atoms with E-state index in [4.69, 9.17) is 0 Å². The molecule has 162 valence electrons. The van der Waals surface area contributed by atoms with Crippen molar-refractivity contribution in [3.63, 3.8) is 0 Å². The first kappa shape index (κ1) is 20.2. The minimum Gasteiger partial charge on any atom is -0.362 e. The molecule has 0 radical (unpaired) electrons. The molecular formula is C23H27N5O2S. The van der Waals surface area contributed by atoms with Crippen LogP contribution in [0.3, 0.4) is 0 Å². The zero-order valence-corrected chi connectivity index (χ0v) is 18.8. The summed E-state index contributed by atoms with van der Waals surface area (Å²) >= 11 is 1.43. The predicted molar refractivity (Wildman–Crippen MR) is 122 cm³/mol. The average molecular weight is 438 g/mol. The number of aryl methyl sites for hydroxylation is 1. The standard InChI is InChI=1S/C23H27N5O2S/c1-15(2)17-13-20(29)28-23(24-17)31-22(25-28)19-10-6-12-27(19)21(30)14-26-11-5-8-16-7-3-4-9-18(16)26/h3-4,7,9,13,15,19H,5-6,8,10-12,14H2,1-2H3. The van der Waals surface area contributed by atoms with Crippen LogP contribution < -0.4 is 10.5 Å². The summed E-state index contributed by atoms with van der Waals surface area (Å²) in [5.74, 6) is 0.307. The second-order valence-electron chi connectivity index (χ2n) is 8.71. The van der Waals surface area contributed by atoms with E-state index in [0.717, 1.165) is 49.5 Å². The molecule has 4 heterocycles. The maximum Gasteiger partial charge on any atom is 0.275 e. The summed E-state index contributed by atoms with van der Waals surface area (Å²) in [6.07, 6.45) is 3.95. The number of aromatic nitrogens is 3. The van der Waals surface area contributed by atoms with E-state index in [2.05, 4.69) is 33.2 Å². The van der Waals surface area contributed by atoms with Crippen molar-refractivity contribution >= 4 is 27.9 Å². The lowest BCUT2D eigenvalue weighted by Gasteiger charge is -2.33. The van der Waals surface area contributed by atoms with Gasteiger partial charge in [-0.25, -0.2) is 4.98 Å². The molecule has 5 rings (SSSR count). The molecule has 2 aromatic heterocycles. The second kappa shape index (κ2) is 8.07. The van der Waals surface area contributed by atoms with Gasteiger partial charge in [-0.3, -0.25) is 9.59 Å². The number of likely N-dealkylation sites (tertiary alicyclic amines) is 1. The molecule has 2 aliphatic rings. The summed E-state index contributed by atoms with van der Waals surface area (Å²) in [6, 6.07) is 9.85. The highest BCUT2D eigenvalue weighted by molar-refractivity contribution is 7.16. The number of anilines is 1. The summed E-state index contributed by atoms with van der Waals surface area (Å²) in [6.45, 7) is 6.06. The second-order valence-corrected chi connectivity index (χ2v) is 9.70. The van der Waals surface area contributed by atoms with Crippen LogP contribution in [0.15, 0.2) is 35.1 Å². The van der Waals surface area contributed by atoms with Crippen molar-refractivity contribution in [2.45, 2.75) is 51.5 Å². The van der Waals surface area contributed by atoms with Gasteiger partial charge in [-0.1, -0.05) is 43.4 Å². The largest absolute Gasteiger partial charge is 0.362 e. The van der Waals surface area contributed by atoms with Crippen molar-refractivity contribution in [2.75, 3.05) is 24.5 Å². The van der Waals surface area contributed by atoms with E-state index in [1.807, 2.05) is 24.8 Å². The number of rotatable bonds is 4. The highest BCUT2D eigenvalue weighted by atomic mass is 32.1. The fourth-order valence-corrected chi connectivity index (χ4v) is 5.68. The van der Waals surface area contributed by atoms with Crippen LogP contribution in [0.4, 0.5) is 5.69 Å². The number of carbonyl (C=O) groups is 1. The van der Waals surface area contributed by atoms with Crippen LogP contribution >= 0.6 is 11.3 Å². The Morgan fingerprint density at radius 2 is 2.06 bits per heavy atom. The maximum absolute atomic E-state index is 13.3. The van der Waals surface area contributed by atoms with Gasteiger partial charge in [-0.05, 0) is 43.2 Å². The lowest BCUT2D eigenvalue weighted by molar-refractivity contribution is -0.130. The van der Waals surface area contributed by atoms with E-state index < -0.39 is 0 Å². The highest BCUT2D eigenvalue weighted by Gasteiger charge is 2.34. The van der Waals surface area contributed by atoms with Crippen LogP contribution in [-0.4, -0.2) is 45.0 Å². The van der Waals surface area contributed by atoms with Crippen LogP contribution in [0.5, 0.6) is 0 Å². The molecule has 7 nitrogen and oxygen atoms in total. The minimum absolute atomic E-state index is 0.0823. The number of hydrogen-bond donors (Lipinski definition) is 0. The fraction of sp³-hybridized carbons (Fsp3) is 0.478. The SMILES string of the molecule is CC(C)c1cc(=O)n2nc(C3CCCN3C(=O)CN3CCCc4ccccc43)sc2n1. The third kappa shape index (κ3) is 3.73. The number of nitrogens with zero attached hydrogens (tertiary/aromatic N) is 5. The number of benzene rings is 1. The van der Waals surface area contributed by atoms with Crippen molar-refractivity contribution in [1.29, 1.82) is 0 Å². The van der Waals surface area contributed by atoms with Crippen molar-refractivity contribution in [3.05, 3.63) is 57.0 Å². The van der Waals surface area contributed by atoms with Crippen molar-refractivity contribution < 1.29 is 4.79 Å². The first-order chi connectivity index (χ1) is 15.0. The molecule has 0 N–H and O–H groups in total. The number of carbonyl (C=O) groups excluding carboxylic acids is 1. The summed E-state index contributed by atoms with van der Waals surface area (Å²) in [7, 11) is 0. The molecule has 0 saturated carbocycles. The van der Waals surface area contributed by atoms with Crippen LogP contribution in [0.2, 0.25) is 0 Å². The monoisotopic (exact) mass is 437 g/mol. The first-order valence-corrected chi connectivity index (χ1v) is 11.9. The van der Waals surface area contributed by atoms with Crippen molar-refractivity contribution in [3.8, 4) is 0 Å². The van der Waals surface area contributed by atoms with E-state index in [1.165, 1.54) is 27.1 Å². The fourth-order valence-electron chi connectivity index (χ4n) is 4.62. The lowest BCUT2D eigenvalue weighted by Crippen LogP contribution is -2.42. The van der Waals surface area contributed by atoms with Crippen molar-refractivity contribution in [1.82, 2.24) is 19.5 Å². The molecule has 8 heteroatoms. The molecule has 1 aromatic carbocycles. The molecule has 2 aliphatic heterocycles. The summed E-state index contributed by atoms with van der Waals surface area (Å²) in [4.78, 5) is 35.2. The number of para-hydroxylation sites is 1. The molecule has 1 fully saturated rings. The van der Waals surface area contributed by atoms with Gasteiger partial charge in [-0.2, -0.15) is 9.61 Å². The highest BCUT2D eigenvalue weighted by Crippen LogP contribution is 2.35. The quantitative estimate of drug-likeness (QED) is 0.626. The van der Waals surface area contributed by atoms with E-state index >= 15 is 0 Å². The van der Waals surface area contributed by atoms with Gasteiger partial charge in [0.25, 0.3) is 5.56 Å². The number of amides is 1. The molecule has 0 aliphatic carbocycles. The summed E-state index contributed by atoms with van der Waals surface area (Å²) in [5.41, 5.74) is 3.12. The van der Waals surface area contributed by atoms with Crippen LogP contribution in [0.25, 0.3) is 4.96 Å². The molecule has 3 aromatic rings. The molecule has 1 unspecified atom stereocenters. The molecule has 0 bridgehead atoms. The van der Waals surface area contributed by atoms with Crippen LogP contribution in [0, 0.1) is 0 Å². The topological polar surface area (TPSA) is 70.8 Å². The summed E-state index contributed by atoms with van der Waals surface area (Å²) < 4.78 is 1.38. The van der Waals surface area contributed by atoms with Gasteiger partial charge in [0.05, 0.1) is 18.3 Å². The molecule has 1 saturated heterocycles. The van der Waals surface area contributed by atoms with Crippen LogP contribution in [-0.2, 0) is 11.2 Å². The smallest absolute Gasteiger partial charge is 0.275 e. The van der Waals surface area contributed by atoms with E-state index in [-0.39, 0.29) is 23.4 Å². The molecular weight excluding hydrogens is 410 g/mol. The Hall–Kier alpha value is -2.74. The van der Waals surface area contributed by atoms with E-state index in [1.54, 1.807) is 6.07 Å². The lowest BCUT2D eigenvalue weighted by atomic mass is 10.0. The Bertz CT molecular complexity index is 1180. The van der Waals surface area contributed by atoms with Gasteiger partial charge in [0, 0.05) is 24.8 Å². The Morgan fingerprint density at radius 3 is 2.90 bits per heavy atom. The van der Waals surface area contributed by atoms with Crippen molar-refractivity contribution in [2.24, 2.45) is 0 Å². The van der Waals surface area contributed by atoms with Gasteiger partial charge in [0.1, 0.15) is 5.01 Å². The Kier molecular flexibility index (Phi) is 5.25. The zero-order valence-electron chi connectivity index (χ0n) is 18.0. The van der Waals surface area contributed by atoms with Gasteiger partial charge >= 0.3 is 0 Å². The Balaban J connectivity index is 1.39. The third-order valence-corrected chi connectivity index (χ3v) is 7.27.